The number of rotatable bonds is 9. The molecule has 0 saturated heterocycles. The van der Waals surface area contributed by atoms with Crippen molar-refractivity contribution in [2.45, 2.75) is 20.3 Å². The van der Waals surface area contributed by atoms with Crippen molar-refractivity contribution >= 4 is 22.0 Å². The predicted molar refractivity (Wildman–Crippen MR) is 79.5 cm³/mol. The van der Waals surface area contributed by atoms with Crippen molar-refractivity contribution in [1.29, 1.82) is 0 Å². The zero-order valence-electron chi connectivity index (χ0n) is 13.0. The van der Waals surface area contributed by atoms with E-state index in [1.807, 2.05) is 0 Å². The standard InChI is InChI=1S/C12H25N3O5S/c1-5-15(21(4,19)20)8-6-7-13-12(18)14(3)9-10(2)11(16)17/h10H,5-9H2,1-4H3,(H,13,18)(H,16,17). The molecule has 2 amide bonds. The lowest BCUT2D eigenvalue weighted by molar-refractivity contribution is -0.141. The molecule has 0 spiro atoms. The fourth-order valence-corrected chi connectivity index (χ4v) is 2.65. The molecule has 0 aromatic rings. The van der Waals surface area contributed by atoms with Gasteiger partial charge in [0.05, 0.1) is 12.2 Å². The van der Waals surface area contributed by atoms with Crippen molar-refractivity contribution in [3.05, 3.63) is 0 Å². The first-order valence-electron chi connectivity index (χ1n) is 6.76. The fraction of sp³-hybridized carbons (Fsp3) is 0.833. The molecule has 1 atom stereocenters. The van der Waals surface area contributed by atoms with E-state index in [1.165, 1.54) is 23.2 Å². The van der Waals surface area contributed by atoms with E-state index >= 15 is 0 Å². The Labute approximate surface area is 126 Å². The molecule has 0 aliphatic heterocycles. The van der Waals surface area contributed by atoms with Crippen molar-refractivity contribution in [1.82, 2.24) is 14.5 Å². The SMILES string of the molecule is CCN(CCCNC(=O)N(C)CC(C)C(=O)O)S(C)(=O)=O. The summed E-state index contributed by atoms with van der Waals surface area (Å²) in [7, 11) is -1.70. The van der Waals surface area contributed by atoms with Gasteiger partial charge in [-0.1, -0.05) is 13.8 Å². The number of sulfonamides is 1. The largest absolute Gasteiger partial charge is 0.481 e. The van der Waals surface area contributed by atoms with Gasteiger partial charge in [0.2, 0.25) is 10.0 Å². The van der Waals surface area contributed by atoms with Crippen LogP contribution in [-0.2, 0) is 14.8 Å². The Morgan fingerprint density at radius 1 is 1.33 bits per heavy atom. The topological polar surface area (TPSA) is 107 Å². The van der Waals surface area contributed by atoms with Gasteiger partial charge in [0.15, 0.2) is 0 Å². The van der Waals surface area contributed by atoms with Crippen LogP contribution >= 0.6 is 0 Å². The number of aliphatic carboxylic acids is 1. The van der Waals surface area contributed by atoms with E-state index < -0.39 is 21.9 Å². The van der Waals surface area contributed by atoms with E-state index in [9.17, 15) is 18.0 Å². The maximum absolute atomic E-state index is 11.7. The second kappa shape index (κ2) is 8.83. The molecule has 1 unspecified atom stereocenters. The van der Waals surface area contributed by atoms with Crippen LogP contribution in [-0.4, -0.2) is 74.2 Å². The highest BCUT2D eigenvalue weighted by atomic mass is 32.2. The van der Waals surface area contributed by atoms with Gasteiger partial charge in [-0.15, -0.1) is 0 Å². The molecule has 0 saturated carbocycles. The molecule has 0 aliphatic carbocycles. The normalized spacial score (nSPS) is 13.0. The molecule has 0 bridgehead atoms. The molecule has 9 heteroatoms. The number of carboxylic acids is 1. The first kappa shape index (κ1) is 19.7. The second-order valence-electron chi connectivity index (χ2n) is 4.96. The number of carbonyl (C=O) groups is 2. The molecule has 0 aromatic heterocycles. The van der Waals surface area contributed by atoms with Gasteiger partial charge in [-0.2, -0.15) is 0 Å². The summed E-state index contributed by atoms with van der Waals surface area (Å²) in [6.07, 6.45) is 1.64. The van der Waals surface area contributed by atoms with Gasteiger partial charge < -0.3 is 15.3 Å². The van der Waals surface area contributed by atoms with Crippen LogP contribution in [0.4, 0.5) is 4.79 Å². The third-order valence-corrected chi connectivity index (χ3v) is 4.38. The van der Waals surface area contributed by atoms with Crippen LogP contribution in [0.2, 0.25) is 0 Å². The number of carbonyl (C=O) groups excluding carboxylic acids is 1. The van der Waals surface area contributed by atoms with E-state index in [-0.39, 0.29) is 12.6 Å². The third-order valence-electron chi connectivity index (χ3n) is 3.00. The Morgan fingerprint density at radius 2 is 1.90 bits per heavy atom. The number of urea groups is 1. The quantitative estimate of drug-likeness (QED) is 0.582. The molecule has 0 heterocycles. The number of hydrogen-bond acceptors (Lipinski definition) is 4. The van der Waals surface area contributed by atoms with Crippen LogP contribution in [0.15, 0.2) is 0 Å². The van der Waals surface area contributed by atoms with Crippen molar-refractivity contribution in [3.8, 4) is 0 Å². The number of hydrogen-bond donors (Lipinski definition) is 2. The van der Waals surface area contributed by atoms with Gasteiger partial charge in [0.1, 0.15) is 0 Å². The van der Waals surface area contributed by atoms with E-state index in [0.717, 1.165) is 6.26 Å². The Kier molecular flexibility index (Phi) is 8.26. The molecule has 2 N–H and O–H groups in total. The maximum atomic E-state index is 11.7. The van der Waals surface area contributed by atoms with Gasteiger partial charge in [-0.25, -0.2) is 17.5 Å². The highest BCUT2D eigenvalue weighted by Crippen LogP contribution is 2.00. The summed E-state index contributed by atoms with van der Waals surface area (Å²) in [4.78, 5) is 23.7. The smallest absolute Gasteiger partial charge is 0.317 e. The third kappa shape index (κ3) is 7.86. The number of nitrogens with one attached hydrogen (secondary N) is 1. The van der Waals surface area contributed by atoms with Gasteiger partial charge in [-0.05, 0) is 6.42 Å². The molecule has 21 heavy (non-hydrogen) atoms. The lowest BCUT2D eigenvalue weighted by atomic mass is 10.2. The molecule has 124 valence electrons. The van der Waals surface area contributed by atoms with E-state index in [4.69, 9.17) is 5.11 Å². The monoisotopic (exact) mass is 323 g/mol. The van der Waals surface area contributed by atoms with Crippen molar-refractivity contribution in [2.75, 3.05) is 39.5 Å². The molecular formula is C12H25N3O5S. The number of amides is 2. The first-order valence-corrected chi connectivity index (χ1v) is 8.61. The molecule has 0 rings (SSSR count). The predicted octanol–water partition coefficient (Wildman–Crippen LogP) is 0.0201. The Morgan fingerprint density at radius 3 is 2.33 bits per heavy atom. The molecule has 0 fully saturated rings. The van der Waals surface area contributed by atoms with Crippen LogP contribution in [0.1, 0.15) is 20.3 Å². The highest BCUT2D eigenvalue weighted by Gasteiger charge is 2.17. The van der Waals surface area contributed by atoms with Gasteiger partial charge >= 0.3 is 12.0 Å². The highest BCUT2D eigenvalue weighted by molar-refractivity contribution is 7.88. The zero-order valence-corrected chi connectivity index (χ0v) is 13.8. The van der Waals surface area contributed by atoms with Gasteiger partial charge in [0.25, 0.3) is 0 Å². The van der Waals surface area contributed by atoms with Crippen LogP contribution in [0.3, 0.4) is 0 Å². The minimum atomic E-state index is -3.21. The van der Waals surface area contributed by atoms with E-state index in [1.54, 1.807) is 6.92 Å². The minimum Gasteiger partial charge on any atom is -0.481 e. The van der Waals surface area contributed by atoms with Crippen LogP contribution in [0.5, 0.6) is 0 Å². The van der Waals surface area contributed by atoms with Crippen LogP contribution in [0, 0.1) is 5.92 Å². The number of carboxylic acid groups (broad SMARTS) is 1. The summed E-state index contributed by atoms with van der Waals surface area (Å²) in [6, 6.07) is -0.370. The van der Waals surface area contributed by atoms with Crippen LogP contribution < -0.4 is 5.32 Å². The fourth-order valence-electron chi connectivity index (χ4n) is 1.72. The van der Waals surface area contributed by atoms with Gasteiger partial charge in [-0.3, -0.25) is 4.79 Å². The van der Waals surface area contributed by atoms with Crippen molar-refractivity contribution in [3.63, 3.8) is 0 Å². The van der Waals surface area contributed by atoms with Gasteiger partial charge in [0, 0.05) is 33.2 Å². The lowest BCUT2D eigenvalue weighted by Gasteiger charge is -2.21. The average Bonchev–Trinajstić information content (AvgIpc) is 2.36. The number of nitrogens with zero attached hydrogens (tertiary/aromatic N) is 2. The molecule has 0 aliphatic rings. The lowest BCUT2D eigenvalue weighted by Crippen LogP contribution is -2.41. The van der Waals surface area contributed by atoms with E-state index in [2.05, 4.69) is 5.32 Å². The van der Waals surface area contributed by atoms with E-state index in [0.29, 0.717) is 26.1 Å². The molecule has 0 aromatic carbocycles. The zero-order chi connectivity index (χ0) is 16.6. The summed E-state index contributed by atoms with van der Waals surface area (Å²) >= 11 is 0. The summed E-state index contributed by atoms with van der Waals surface area (Å²) in [6.45, 7) is 4.45. The van der Waals surface area contributed by atoms with Crippen LogP contribution in [0.25, 0.3) is 0 Å². The first-order chi connectivity index (χ1) is 9.59. The summed E-state index contributed by atoms with van der Waals surface area (Å²) in [5, 5.41) is 11.4. The second-order valence-corrected chi connectivity index (χ2v) is 6.94. The maximum Gasteiger partial charge on any atom is 0.317 e. The summed E-state index contributed by atoms with van der Waals surface area (Å²) < 4.78 is 24.0. The minimum absolute atomic E-state index is 0.117. The van der Waals surface area contributed by atoms with Crippen molar-refractivity contribution in [2.24, 2.45) is 5.92 Å². The summed E-state index contributed by atoms with van der Waals surface area (Å²) in [5.74, 6) is -1.59. The molecule has 8 nitrogen and oxygen atoms in total. The molecule has 0 radical (unpaired) electrons. The Hall–Kier alpha value is -1.35. The summed E-state index contributed by atoms with van der Waals surface area (Å²) in [5.41, 5.74) is 0. The Bertz CT molecular complexity index is 452. The average molecular weight is 323 g/mol. The van der Waals surface area contributed by atoms with Crippen molar-refractivity contribution < 1.29 is 23.1 Å². The molecular weight excluding hydrogens is 298 g/mol. The Balaban J connectivity index is 4.07.